The van der Waals surface area contributed by atoms with Crippen LogP contribution in [-0.2, 0) is 9.59 Å². The summed E-state index contributed by atoms with van der Waals surface area (Å²) in [7, 11) is 0. The van der Waals surface area contributed by atoms with Gasteiger partial charge in [-0.3, -0.25) is 14.4 Å². The first kappa shape index (κ1) is 23.9. The summed E-state index contributed by atoms with van der Waals surface area (Å²) in [4.78, 5) is 36.4. The molecule has 7 nitrogen and oxygen atoms in total. The minimum atomic E-state index is -0.326. The number of nitrogens with one attached hydrogen (secondary N) is 4. The molecule has 0 bridgehead atoms. The van der Waals surface area contributed by atoms with Crippen molar-refractivity contribution in [3.63, 3.8) is 0 Å². The molecule has 166 valence electrons. The predicted molar refractivity (Wildman–Crippen MR) is 125 cm³/mol. The van der Waals surface area contributed by atoms with Gasteiger partial charge in [-0.25, -0.2) is 0 Å². The Balaban J connectivity index is 1.86. The second kappa shape index (κ2) is 10.6. The Bertz CT molecular complexity index is 915. The Morgan fingerprint density at radius 1 is 0.839 bits per heavy atom. The molecular formula is C24H32N4O3. The zero-order valence-corrected chi connectivity index (χ0v) is 18.8. The van der Waals surface area contributed by atoms with Crippen molar-refractivity contribution in [2.24, 2.45) is 5.92 Å². The van der Waals surface area contributed by atoms with Crippen LogP contribution in [0.4, 0.5) is 17.1 Å². The highest BCUT2D eigenvalue weighted by Crippen LogP contribution is 2.15. The fourth-order valence-corrected chi connectivity index (χ4v) is 2.79. The van der Waals surface area contributed by atoms with Crippen LogP contribution in [0.25, 0.3) is 0 Å². The third kappa shape index (κ3) is 8.90. The largest absolute Gasteiger partial charge is 0.376 e. The van der Waals surface area contributed by atoms with Gasteiger partial charge in [-0.05, 0) is 69.2 Å². The highest BCUT2D eigenvalue weighted by Gasteiger charge is 2.15. The van der Waals surface area contributed by atoms with Gasteiger partial charge in [0.2, 0.25) is 11.8 Å². The van der Waals surface area contributed by atoms with Gasteiger partial charge in [0.15, 0.2) is 0 Å². The van der Waals surface area contributed by atoms with Gasteiger partial charge in [0.25, 0.3) is 5.91 Å². The SMILES string of the molecule is CC(C)CC(=O)Nc1ccc(NC(=O)CNc2cccc(C(=O)NC(C)(C)C)c2)cc1. The quantitative estimate of drug-likeness (QED) is 0.509. The molecule has 31 heavy (non-hydrogen) atoms. The summed E-state index contributed by atoms with van der Waals surface area (Å²) in [6.45, 7) is 9.79. The average Bonchev–Trinajstić information content (AvgIpc) is 2.66. The summed E-state index contributed by atoms with van der Waals surface area (Å²) < 4.78 is 0. The number of benzene rings is 2. The molecule has 0 heterocycles. The van der Waals surface area contributed by atoms with Crippen molar-refractivity contribution in [2.75, 3.05) is 22.5 Å². The second-order valence-electron chi connectivity index (χ2n) is 8.91. The monoisotopic (exact) mass is 424 g/mol. The standard InChI is InChI=1S/C24H32N4O3/c1-16(2)13-21(29)26-18-9-11-19(12-10-18)27-22(30)15-25-20-8-6-7-17(14-20)23(31)28-24(3,4)5/h6-12,14,16,25H,13,15H2,1-5H3,(H,26,29)(H,27,30)(H,28,31). The van der Waals surface area contributed by atoms with Gasteiger partial charge in [-0.1, -0.05) is 19.9 Å². The molecule has 0 aromatic heterocycles. The highest BCUT2D eigenvalue weighted by atomic mass is 16.2. The van der Waals surface area contributed by atoms with Crippen molar-refractivity contribution >= 4 is 34.8 Å². The average molecular weight is 425 g/mol. The normalized spacial score (nSPS) is 11.0. The van der Waals surface area contributed by atoms with E-state index < -0.39 is 0 Å². The van der Waals surface area contributed by atoms with Gasteiger partial charge in [0, 0.05) is 34.6 Å². The topological polar surface area (TPSA) is 99.3 Å². The minimum Gasteiger partial charge on any atom is -0.376 e. The first-order valence-corrected chi connectivity index (χ1v) is 10.4. The lowest BCUT2D eigenvalue weighted by atomic mass is 10.1. The maximum Gasteiger partial charge on any atom is 0.251 e. The van der Waals surface area contributed by atoms with Crippen molar-refractivity contribution < 1.29 is 14.4 Å². The molecule has 2 aromatic rings. The number of hydrogen-bond donors (Lipinski definition) is 4. The summed E-state index contributed by atoms with van der Waals surface area (Å²) in [5, 5.41) is 11.6. The van der Waals surface area contributed by atoms with E-state index in [1.54, 1.807) is 48.5 Å². The summed E-state index contributed by atoms with van der Waals surface area (Å²) in [5.74, 6) is -0.128. The van der Waals surface area contributed by atoms with Crippen molar-refractivity contribution in [3.8, 4) is 0 Å². The van der Waals surface area contributed by atoms with E-state index in [0.717, 1.165) is 0 Å². The molecule has 0 aliphatic rings. The van der Waals surface area contributed by atoms with Gasteiger partial charge < -0.3 is 21.3 Å². The van der Waals surface area contributed by atoms with Crippen molar-refractivity contribution in [1.29, 1.82) is 0 Å². The number of hydrogen-bond acceptors (Lipinski definition) is 4. The van der Waals surface area contributed by atoms with Crippen LogP contribution in [0, 0.1) is 5.92 Å². The molecule has 0 atom stereocenters. The fraction of sp³-hybridized carbons (Fsp3) is 0.375. The fourth-order valence-electron chi connectivity index (χ4n) is 2.79. The summed E-state index contributed by atoms with van der Waals surface area (Å²) in [6.07, 6.45) is 0.462. The van der Waals surface area contributed by atoms with Crippen molar-refractivity contribution in [1.82, 2.24) is 5.32 Å². The molecule has 7 heteroatoms. The predicted octanol–water partition coefficient (Wildman–Crippen LogP) is 4.25. The van der Waals surface area contributed by atoms with Gasteiger partial charge in [-0.15, -0.1) is 0 Å². The van der Waals surface area contributed by atoms with Crippen LogP contribution < -0.4 is 21.3 Å². The lowest BCUT2D eigenvalue weighted by molar-refractivity contribution is -0.117. The van der Waals surface area contributed by atoms with E-state index >= 15 is 0 Å². The van der Waals surface area contributed by atoms with Gasteiger partial charge in [-0.2, -0.15) is 0 Å². The first-order chi connectivity index (χ1) is 14.5. The molecule has 2 rings (SSSR count). The zero-order chi connectivity index (χ0) is 23.0. The maximum atomic E-state index is 12.3. The van der Waals surface area contributed by atoms with Crippen molar-refractivity contribution in [3.05, 3.63) is 54.1 Å². The second-order valence-corrected chi connectivity index (χ2v) is 8.91. The summed E-state index contributed by atoms with van der Waals surface area (Å²) in [5.41, 5.74) is 2.20. The molecular weight excluding hydrogens is 392 g/mol. The van der Waals surface area contributed by atoms with E-state index in [1.165, 1.54) is 0 Å². The van der Waals surface area contributed by atoms with E-state index in [-0.39, 0.29) is 29.8 Å². The Morgan fingerprint density at radius 3 is 1.97 bits per heavy atom. The Labute approximate surface area is 184 Å². The molecule has 0 saturated carbocycles. The van der Waals surface area contributed by atoms with Crippen LogP contribution in [0.1, 0.15) is 51.4 Å². The molecule has 0 aliphatic carbocycles. The number of anilines is 3. The number of carbonyl (C=O) groups excluding carboxylic acids is 3. The van der Waals surface area contributed by atoms with Crippen LogP contribution in [0.3, 0.4) is 0 Å². The number of amides is 3. The first-order valence-electron chi connectivity index (χ1n) is 10.4. The molecule has 4 N–H and O–H groups in total. The van der Waals surface area contributed by atoms with Crippen LogP contribution in [0.15, 0.2) is 48.5 Å². The molecule has 0 saturated heterocycles. The Morgan fingerprint density at radius 2 is 1.42 bits per heavy atom. The highest BCUT2D eigenvalue weighted by molar-refractivity contribution is 5.97. The van der Waals surface area contributed by atoms with Crippen LogP contribution >= 0.6 is 0 Å². The molecule has 0 unspecified atom stereocenters. The zero-order valence-electron chi connectivity index (χ0n) is 18.8. The number of rotatable bonds is 8. The van der Waals surface area contributed by atoms with Gasteiger partial charge >= 0.3 is 0 Å². The molecule has 0 spiro atoms. The molecule has 0 aliphatic heterocycles. The summed E-state index contributed by atoms with van der Waals surface area (Å²) in [6, 6.07) is 14.0. The molecule has 3 amide bonds. The lowest BCUT2D eigenvalue weighted by Gasteiger charge is -2.20. The van der Waals surface area contributed by atoms with E-state index in [1.807, 2.05) is 34.6 Å². The van der Waals surface area contributed by atoms with Crippen LogP contribution in [-0.4, -0.2) is 29.8 Å². The molecule has 2 aromatic carbocycles. The van der Waals surface area contributed by atoms with E-state index in [9.17, 15) is 14.4 Å². The van der Waals surface area contributed by atoms with Gasteiger partial charge in [0.1, 0.15) is 0 Å². The van der Waals surface area contributed by atoms with E-state index in [4.69, 9.17) is 0 Å². The van der Waals surface area contributed by atoms with E-state index in [2.05, 4.69) is 21.3 Å². The van der Waals surface area contributed by atoms with Gasteiger partial charge in [0.05, 0.1) is 6.54 Å². The maximum absolute atomic E-state index is 12.3. The third-order valence-electron chi connectivity index (χ3n) is 4.11. The third-order valence-corrected chi connectivity index (χ3v) is 4.11. The molecule has 0 radical (unpaired) electrons. The number of carbonyl (C=O) groups is 3. The molecule has 0 fully saturated rings. The van der Waals surface area contributed by atoms with Crippen molar-refractivity contribution in [2.45, 2.75) is 46.6 Å². The van der Waals surface area contributed by atoms with Crippen LogP contribution in [0.2, 0.25) is 0 Å². The smallest absolute Gasteiger partial charge is 0.251 e. The Kier molecular flexibility index (Phi) is 8.19. The lowest BCUT2D eigenvalue weighted by Crippen LogP contribution is -2.40. The van der Waals surface area contributed by atoms with E-state index in [0.29, 0.717) is 35.0 Å². The Hall–Kier alpha value is -3.35. The minimum absolute atomic E-state index is 0.0330. The van der Waals surface area contributed by atoms with Crippen LogP contribution in [0.5, 0.6) is 0 Å². The summed E-state index contributed by atoms with van der Waals surface area (Å²) >= 11 is 0.